The summed E-state index contributed by atoms with van der Waals surface area (Å²) in [7, 11) is 2.17. The minimum atomic E-state index is 0.158. The summed E-state index contributed by atoms with van der Waals surface area (Å²) < 4.78 is 0. The molecule has 2 heterocycles. The molecule has 130 valence electrons. The lowest BCUT2D eigenvalue weighted by molar-refractivity contribution is 0.0190. The zero-order chi connectivity index (χ0) is 17.2. The van der Waals surface area contributed by atoms with Crippen LogP contribution in [-0.4, -0.2) is 73.0 Å². The van der Waals surface area contributed by atoms with E-state index in [0.717, 1.165) is 56.0 Å². The zero-order valence-electron chi connectivity index (χ0n) is 14.8. The molecule has 4 nitrogen and oxygen atoms in total. The Bertz CT molecular complexity index is 746. The van der Waals surface area contributed by atoms with E-state index in [4.69, 9.17) is 0 Å². The number of carbonyl (C=O) groups is 1. The first kappa shape index (κ1) is 16.3. The molecule has 2 aromatic carbocycles. The first-order valence-corrected chi connectivity index (χ1v) is 9.08. The minimum Gasteiger partial charge on any atom is -0.336 e. The van der Waals surface area contributed by atoms with Gasteiger partial charge in [-0.2, -0.15) is 0 Å². The average molecular weight is 335 g/mol. The predicted molar refractivity (Wildman–Crippen MR) is 101 cm³/mol. The smallest absolute Gasteiger partial charge is 0.253 e. The van der Waals surface area contributed by atoms with Gasteiger partial charge in [-0.25, -0.2) is 0 Å². The van der Waals surface area contributed by atoms with Crippen molar-refractivity contribution in [3.63, 3.8) is 0 Å². The first-order chi connectivity index (χ1) is 12.2. The highest BCUT2D eigenvalue weighted by molar-refractivity contribution is 5.95. The predicted octanol–water partition coefficient (Wildman–Crippen LogP) is 2.43. The molecule has 1 amide bonds. The Balaban J connectivity index is 1.51. The van der Waals surface area contributed by atoms with Crippen LogP contribution in [0.2, 0.25) is 0 Å². The number of likely N-dealkylation sites (N-methyl/N-ethyl adjacent to an activating group) is 1. The number of rotatable bonds is 2. The average Bonchev–Trinajstić information content (AvgIpc) is 2.67. The fraction of sp³-hybridized carbons (Fsp3) is 0.381. The number of nitrogens with zero attached hydrogens (tertiary/aromatic N) is 3. The Morgan fingerprint density at radius 2 is 1.64 bits per heavy atom. The van der Waals surface area contributed by atoms with E-state index in [9.17, 15) is 4.79 Å². The lowest BCUT2D eigenvalue weighted by Gasteiger charge is -2.46. The van der Waals surface area contributed by atoms with Crippen LogP contribution in [0.1, 0.15) is 10.4 Å². The molecule has 2 saturated heterocycles. The molecule has 0 aliphatic carbocycles. The highest BCUT2D eigenvalue weighted by Gasteiger charge is 2.33. The Morgan fingerprint density at radius 3 is 2.48 bits per heavy atom. The fourth-order valence-corrected chi connectivity index (χ4v) is 3.94. The van der Waals surface area contributed by atoms with Crippen LogP contribution >= 0.6 is 0 Å². The minimum absolute atomic E-state index is 0.158. The van der Waals surface area contributed by atoms with Crippen molar-refractivity contribution in [2.75, 3.05) is 46.3 Å². The molecule has 4 heteroatoms. The van der Waals surface area contributed by atoms with E-state index in [1.807, 2.05) is 41.3 Å². The summed E-state index contributed by atoms with van der Waals surface area (Å²) in [5.41, 5.74) is 3.04. The van der Waals surface area contributed by atoms with E-state index >= 15 is 0 Å². The molecule has 1 atom stereocenters. The topological polar surface area (TPSA) is 26.8 Å². The third-order valence-electron chi connectivity index (χ3n) is 5.40. The van der Waals surface area contributed by atoms with Gasteiger partial charge in [0.2, 0.25) is 0 Å². The SMILES string of the molecule is CN1CCN2CCN(C(=O)c3cccc(-c4ccccc4)c3)C[C@H]2C1. The summed E-state index contributed by atoms with van der Waals surface area (Å²) in [5, 5.41) is 0. The van der Waals surface area contributed by atoms with Crippen molar-refractivity contribution < 1.29 is 4.79 Å². The largest absolute Gasteiger partial charge is 0.336 e. The molecule has 4 rings (SSSR count). The maximum absolute atomic E-state index is 13.0. The van der Waals surface area contributed by atoms with Crippen molar-refractivity contribution in [1.29, 1.82) is 0 Å². The van der Waals surface area contributed by atoms with E-state index < -0.39 is 0 Å². The molecular formula is C21H25N3O. The second-order valence-corrected chi connectivity index (χ2v) is 7.15. The number of piperazine rings is 2. The summed E-state index contributed by atoms with van der Waals surface area (Å²) in [5.74, 6) is 0.158. The molecular weight excluding hydrogens is 310 g/mol. The molecule has 0 saturated carbocycles. The van der Waals surface area contributed by atoms with Gasteiger partial charge in [0.1, 0.15) is 0 Å². The summed E-state index contributed by atoms with van der Waals surface area (Å²) in [6.45, 7) is 5.94. The summed E-state index contributed by atoms with van der Waals surface area (Å²) in [4.78, 5) is 20.0. The monoisotopic (exact) mass is 335 g/mol. The lowest BCUT2D eigenvalue weighted by atomic mass is 10.0. The van der Waals surface area contributed by atoms with Crippen LogP contribution in [0, 0.1) is 0 Å². The zero-order valence-corrected chi connectivity index (χ0v) is 14.8. The number of fused-ring (bicyclic) bond motifs is 1. The van der Waals surface area contributed by atoms with Crippen LogP contribution in [0.4, 0.5) is 0 Å². The quantitative estimate of drug-likeness (QED) is 0.843. The van der Waals surface area contributed by atoms with Crippen LogP contribution in [0.25, 0.3) is 11.1 Å². The Kier molecular flexibility index (Phi) is 4.55. The molecule has 0 radical (unpaired) electrons. The normalized spacial score (nSPS) is 21.8. The third-order valence-corrected chi connectivity index (χ3v) is 5.40. The second kappa shape index (κ2) is 6.98. The number of benzene rings is 2. The van der Waals surface area contributed by atoms with Gasteiger partial charge in [-0.1, -0.05) is 42.5 Å². The van der Waals surface area contributed by atoms with Crippen LogP contribution in [0.5, 0.6) is 0 Å². The van der Waals surface area contributed by atoms with Gasteiger partial charge in [0, 0.05) is 50.9 Å². The van der Waals surface area contributed by atoms with Crippen LogP contribution < -0.4 is 0 Å². The van der Waals surface area contributed by atoms with Crippen molar-refractivity contribution in [1.82, 2.24) is 14.7 Å². The van der Waals surface area contributed by atoms with Gasteiger partial charge in [-0.3, -0.25) is 9.69 Å². The molecule has 0 aromatic heterocycles. The maximum Gasteiger partial charge on any atom is 0.253 e. The Morgan fingerprint density at radius 1 is 0.880 bits per heavy atom. The maximum atomic E-state index is 13.0. The Hall–Kier alpha value is -2.17. The van der Waals surface area contributed by atoms with E-state index in [1.165, 1.54) is 0 Å². The third kappa shape index (κ3) is 3.46. The molecule has 25 heavy (non-hydrogen) atoms. The van der Waals surface area contributed by atoms with Gasteiger partial charge in [0.05, 0.1) is 0 Å². The molecule has 2 aliphatic heterocycles. The molecule has 2 aliphatic rings. The molecule has 2 fully saturated rings. The highest BCUT2D eigenvalue weighted by Crippen LogP contribution is 2.22. The second-order valence-electron chi connectivity index (χ2n) is 7.15. The van der Waals surface area contributed by atoms with Crippen molar-refractivity contribution >= 4 is 5.91 Å². The summed E-state index contributed by atoms with van der Waals surface area (Å²) in [6, 6.07) is 18.7. The number of hydrogen-bond donors (Lipinski definition) is 0. The molecule has 0 N–H and O–H groups in total. The molecule has 2 aromatic rings. The van der Waals surface area contributed by atoms with Gasteiger partial charge < -0.3 is 9.80 Å². The molecule has 0 unspecified atom stereocenters. The molecule has 0 bridgehead atoms. The first-order valence-electron chi connectivity index (χ1n) is 9.08. The van der Waals surface area contributed by atoms with Gasteiger partial charge >= 0.3 is 0 Å². The van der Waals surface area contributed by atoms with E-state index in [2.05, 4.69) is 35.0 Å². The van der Waals surface area contributed by atoms with Crippen LogP contribution in [0.3, 0.4) is 0 Å². The van der Waals surface area contributed by atoms with E-state index in [1.54, 1.807) is 0 Å². The number of carbonyl (C=O) groups excluding carboxylic acids is 1. The van der Waals surface area contributed by atoms with E-state index in [0.29, 0.717) is 6.04 Å². The van der Waals surface area contributed by atoms with Crippen molar-refractivity contribution in [3.8, 4) is 11.1 Å². The summed E-state index contributed by atoms with van der Waals surface area (Å²) in [6.07, 6.45) is 0. The summed E-state index contributed by atoms with van der Waals surface area (Å²) >= 11 is 0. The fourth-order valence-electron chi connectivity index (χ4n) is 3.94. The van der Waals surface area contributed by atoms with Gasteiger partial charge in [-0.05, 0) is 30.3 Å². The standard InChI is InChI=1S/C21H25N3O/c1-22-10-11-23-12-13-24(16-20(23)15-22)21(25)19-9-5-8-18(14-19)17-6-3-2-4-7-17/h2-9,14,20H,10-13,15-16H2,1H3/t20-/m1/s1. The number of hydrogen-bond acceptors (Lipinski definition) is 3. The number of amides is 1. The van der Waals surface area contributed by atoms with Gasteiger partial charge in [-0.15, -0.1) is 0 Å². The highest BCUT2D eigenvalue weighted by atomic mass is 16.2. The van der Waals surface area contributed by atoms with Crippen molar-refractivity contribution in [3.05, 3.63) is 60.2 Å². The lowest BCUT2D eigenvalue weighted by Crippen LogP contribution is -2.62. The van der Waals surface area contributed by atoms with Crippen molar-refractivity contribution in [2.24, 2.45) is 0 Å². The van der Waals surface area contributed by atoms with Crippen LogP contribution in [0.15, 0.2) is 54.6 Å². The van der Waals surface area contributed by atoms with Gasteiger partial charge in [0.25, 0.3) is 5.91 Å². The molecule has 0 spiro atoms. The van der Waals surface area contributed by atoms with Crippen molar-refractivity contribution in [2.45, 2.75) is 6.04 Å². The van der Waals surface area contributed by atoms with E-state index in [-0.39, 0.29) is 5.91 Å². The van der Waals surface area contributed by atoms with Crippen LogP contribution in [-0.2, 0) is 0 Å². The Labute approximate surface area is 149 Å². The van der Waals surface area contributed by atoms with Gasteiger partial charge in [0.15, 0.2) is 0 Å².